The van der Waals surface area contributed by atoms with Crippen LogP contribution < -0.4 is 10.1 Å². The number of aryl methyl sites for hydroxylation is 1. The first-order chi connectivity index (χ1) is 17.8. The maximum Gasteiger partial charge on any atom is 0.255 e. The lowest BCUT2D eigenvalue weighted by atomic mass is 10.0. The highest BCUT2D eigenvalue weighted by Gasteiger charge is 2.19. The molecule has 3 aromatic rings. The van der Waals surface area contributed by atoms with E-state index in [-0.39, 0.29) is 11.7 Å². The topological polar surface area (TPSA) is 58.6 Å². The van der Waals surface area contributed by atoms with Gasteiger partial charge in [0.15, 0.2) is 0 Å². The second-order valence-corrected chi connectivity index (χ2v) is 16.1. The Balaban J connectivity index is 1.53. The summed E-state index contributed by atoms with van der Waals surface area (Å²) in [6, 6.07) is 23.8. The van der Waals surface area contributed by atoms with Crippen LogP contribution >= 0.6 is 0 Å². The minimum Gasteiger partial charge on any atom is -0.506 e. The van der Waals surface area contributed by atoms with Crippen LogP contribution in [0.4, 0.5) is 5.69 Å². The van der Waals surface area contributed by atoms with Crippen molar-refractivity contribution in [2.45, 2.75) is 77.6 Å². The van der Waals surface area contributed by atoms with E-state index < -0.39 is 8.07 Å². The Hall–Kier alpha value is -3.05. The van der Waals surface area contributed by atoms with Crippen LogP contribution in [0.25, 0.3) is 11.1 Å². The molecule has 37 heavy (non-hydrogen) atoms. The van der Waals surface area contributed by atoms with Gasteiger partial charge in [0.05, 0.1) is 12.3 Å². The van der Waals surface area contributed by atoms with Crippen molar-refractivity contribution in [3.63, 3.8) is 0 Å². The Kier molecular flexibility index (Phi) is 10.8. The lowest BCUT2D eigenvalue weighted by Crippen LogP contribution is -2.25. The predicted octanol–water partition coefficient (Wildman–Crippen LogP) is 8.93. The first-order valence-electron chi connectivity index (χ1n) is 13.8. The molecule has 5 heteroatoms. The number of benzene rings is 3. The Morgan fingerprint density at radius 1 is 0.838 bits per heavy atom. The van der Waals surface area contributed by atoms with Crippen molar-refractivity contribution in [2.24, 2.45) is 0 Å². The number of ether oxygens (including phenoxy) is 1. The fourth-order valence-corrected chi connectivity index (χ4v) is 7.16. The second-order valence-electron chi connectivity index (χ2n) is 10.7. The number of carbonyl (C=O) groups excluding carboxylic acids is 1. The first-order valence-corrected chi connectivity index (χ1v) is 17.2. The van der Waals surface area contributed by atoms with Gasteiger partial charge in [-0.3, -0.25) is 4.79 Å². The third-order valence-electron chi connectivity index (χ3n) is 6.94. The monoisotopic (exact) mass is 517 g/mol. The fourth-order valence-electron chi connectivity index (χ4n) is 4.49. The first kappa shape index (κ1) is 28.5. The lowest BCUT2D eigenvalue weighted by molar-refractivity contribution is 0.102. The minimum atomic E-state index is -1.08. The smallest absolute Gasteiger partial charge is 0.255 e. The number of carbonyl (C=O) groups is 1. The van der Waals surface area contributed by atoms with Gasteiger partial charge in [-0.1, -0.05) is 88.6 Å². The number of phenolic OH excluding ortho intramolecular Hbond substituents is 1. The van der Waals surface area contributed by atoms with Crippen molar-refractivity contribution in [1.29, 1.82) is 0 Å². The third kappa shape index (κ3) is 9.08. The quantitative estimate of drug-likeness (QED) is 0.127. The largest absolute Gasteiger partial charge is 0.506 e. The molecule has 0 radical (unpaired) electrons. The van der Waals surface area contributed by atoms with Gasteiger partial charge in [-0.15, -0.1) is 0 Å². The standard InChI is InChI=1S/C32H43NO3Si/c1-5-7-10-25-11-20-31(34)30(24-25)33-32(35)28-14-12-26(13-15-28)27-16-18-29(19-17-27)36-21-9-23-37(3,4)22-8-6-2/h11-20,24,34H,5-10,21-23H2,1-4H3,(H,33,35). The van der Waals surface area contributed by atoms with Crippen molar-refractivity contribution in [3.05, 3.63) is 77.9 Å². The van der Waals surface area contributed by atoms with Crippen LogP contribution in [-0.2, 0) is 6.42 Å². The van der Waals surface area contributed by atoms with Crippen LogP contribution in [0.1, 0.15) is 61.9 Å². The number of amides is 1. The number of hydrogen-bond donors (Lipinski definition) is 2. The Bertz CT molecular complexity index is 1120. The zero-order valence-electron chi connectivity index (χ0n) is 23.0. The SMILES string of the molecule is CCCCc1ccc(O)c(NC(=O)c2ccc(-c3ccc(OCCC[Si](C)(C)CCCC)cc3)cc2)c1. The van der Waals surface area contributed by atoms with Crippen molar-refractivity contribution >= 4 is 19.7 Å². The van der Waals surface area contributed by atoms with E-state index in [1.54, 1.807) is 6.07 Å². The molecule has 0 heterocycles. The minimum absolute atomic E-state index is 0.0785. The molecule has 0 aliphatic carbocycles. The molecule has 0 fully saturated rings. The third-order valence-corrected chi connectivity index (χ3v) is 10.4. The molecule has 198 valence electrons. The molecule has 4 nitrogen and oxygen atoms in total. The molecule has 0 spiro atoms. The summed E-state index contributed by atoms with van der Waals surface area (Å²) in [5, 5.41) is 13.0. The predicted molar refractivity (Wildman–Crippen MR) is 159 cm³/mol. The van der Waals surface area contributed by atoms with Crippen LogP contribution in [0.15, 0.2) is 66.7 Å². The normalized spacial score (nSPS) is 11.4. The van der Waals surface area contributed by atoms with E-state index in [0.29, 0.717) is 11.3 Å². The Morgan fingerprint density at radius 2 is 1.46 bits per heavy atom. The van der Waals surface area contributed by atoms with Crippen molar-refractivity contribution in [3.8, 4) is 22.6 Å². The summed E-state index contributed by atoms with van der Waals surface area (Å²) in [5.74, 6) is 0.739. The van der Waals surface area contributed by atoms with Gasteiger partial charge in [-0.2, -0.15) is 0 Å². The molecule has 0 bridgehead atoms. The van der Waals surface area contributed by atoms with E-state index in [9.17, 15) is 9.90 Å². The molecular weight excluding hydrogens is 474 g/mol. The second kappa shape index (κ2) is 14.0. The summed E-state index contributed by atoms with van der Waals surface area (Å²) in [4.78, 5) is 12.8. The van der Waals surface area contributed by atoms with Gasteiger partial charge in [0.1, 0.15) is 11.5 Å². The summed E-state index contributed by atoms with van der Waals surface area (Å²) in [7, 11) is -1.08. The molecule has 2 N–H and O–H groups in total. The highest BCUT2D eigenvalue weighted by atomic mass is 28.3. The fraction of sp³-hybridized carbons (Fsp3) is 0.406. The molecule has 1 amide bonds. The molecule has 0 saturated heterocycles. The number of aromatic hydroxyl groups is 1. The maximum atomic E-state index is 12.8. The van der Waals surface area contributed by atoms with Crippen LogP contribution in [0.5, 0.6) is 11.5 Å². The average Bonchev–Trinajstić information content (AvgIpc) is 2.91. The molecule has 0 atom stereocenters. The highest BCUT2D eigenvalue weighted by Crippen LogP contribution is 2.27. The Morgan fingerprint density at radius 3 is 2.11 bits per heavy atom. The summed E-state index contributed by atoms with van der Waals surface area (Å²) >= 11 is 0. The van der Waals surface area contributed by atoms with Crippen molar-refractivity contribution < 1.29 is 14.6 Å². The van der Waals surface area contributed by atoms with E-state index in [4.69, 9.17) is 4.74 Å². The maximum absolute atomic E-state index is 12.8. The zero-order chi connectivity index (χ0) is 26.7. The highest BCUT2D eigenvalue weighted by molar-refractivity contribution is 6.77. The molecule has 0 aliphatic heterocycles. The molecule has 0 unspecified atom stereocenters. The summed E-state index contributed by atoms with van der Waals surface area (Å²) < 4.78 is 5.99. The number of anilines is 1. The number of phenols is 1. The number of nitrogens with one attached hydrogen (secondary N) is 1. The van der Waals surface area contributed by atoms with Gasteiger partial charge in [-0.05, 0) is 72.4 Å². The summed E-state index contributed by atoms with van der Waals surface area (Å²) in [6.45, 7) is 10.2. The van der Waals surface area contributed by atoms with Gasteiger partial charge in [0, 0.05) is 13.6 Å². The van der Waals surface area contributed by atoms with Crippen LogP contribution in [0.2, 0.25) is 25.2 Å². The molecule has 0 aliphatic rings. The summed E-state index contributed by atoms with van der Waals surface area (Å²) in [5.41, 5.74) is 4.22. The number of hydrogen-bond acceptors (Lipinski definition) is 3. The number of rotatable bonds is 14. The van der Waals surface area contributed by atoms with E-state index in [1.165, 1.54) is 24.9 Å². The van der Waals surface area contributed by atoms with Gasteiger partial charge >= 0.3 is 0 Å². The molecule has 3 aromatic carbocycles. The number of unbranched alkanes of at least 4 members (excludes halogenated alkanes) is 2. The summed E-state index contributed by atoms with van der Waals surface area (Å²) in [6.07, 6.45) is 6.86. The van der Waals surface area contributed by atoms with Crippen LogP contribution in [-0.4, -0.2) is 25.7 Å². The molecule has 0 saturated carbocycles. The van der Waals surface area contributed by atoms with Gasteiger partial charge in [-0.25, -0.2) is 0 Å². The van der Waals surface area contributed by atoms with Crippen molar-refractivity contribution in [2.75, 3.05) is 11.9 Å². The van der Waals surface area contributed by atoms with Crippen LogP contribution in [0.3, 0.4) is 0 Å². The molecular formula is C32H43NO3Si. The van der Waals surface area contributed by atoms with E-state index in [2.05, 4.69) is 44.4 Å². The van der Waals surface area contributed by atoms with Crippen LogP contribution in [0, 0.1) is 0 Å². The Labute approximate surface area is 224 Å². The van der Waals surface area contributed by atoms with E-state index in [1.807, 2.05) is 48.5 Å². The van der Waals surface area contributed by atoms with E-state index >= 15 is 0 Å². The average molecular weight is 518 g/mol. The lowest BCUT2D eigenvalue weighted by Gasteiger charge is -2.22. The van der Waals surface area contributed by atoms with Gasteiger partial charge in [0.25, 0.3) is 5.91 Å². The van der Waals surface area contributed by atoms with Gasteiger partial charge < -0.3 is 15.2 Å². The zero-order valence-corrected chi connectivity index (χ0v) is 24.0. The van der Waals surface area contributed by atoms with E-state index in [0.717, 1.165) is 54.7 Å². The van der Waals surface area contributed by atoms with Crippen molar-refractivity contribution in [1.82, 2.24) is 0 Å². The molecule has 3 rings (SSSR count). The molecule has 0 aromatic heterocycles. The van der Waals surface area contributed by atoms with Gasteiger partial charge in [0.2, 0.25) is 0 Å².